The number of anilines is 1. The lowest BCUT2D eigenvalue weighted by molar-refractivity contribution is 0.102. The van der Waals surface area contributed by atoms with Gasteiger partial charge >= 0.3 is 0 Å². The molecule has 8 heteroatoms. The normalized spacial score (nSPS) is 11.0. The largest absolute Gasteiger partial charge is 0.317 e. The molecule has 3 heterocycles. The van der Waals surface area contributed by atoms with Gasteiger partial charge in [-0.05, 0) is 49.1 Å². The van der Waals surface area contributed by atoms with Crippen molar-refractivity contribution in [2.45, 2.75) is 20.4 Å². The van der Waals surface area contributed by atoms with Gasteiger partial charge in [-0.2, -0.15) is 10.2 Å². The standard InChI is InChI=1S/C20H18ClN5OS/c1-12-19(13(2)26(25-12)11-14-5-7-15(21)8-6-14)22-20(27)17-10-16(23-24-17)18-4-3-9-28-18/h3-10H,11H2,1-2H3,(H,22,27)(H,23,24). The van der Waals surface area contributed by atoms with Crippen LogP contribution in [-0.4, -0.2) is 25.9 Å². The third-order valence-corrected chi connectivity index (χ3v) is 5.62. The summed E-state index contributed by atoms with van der Waals surface area (Å²) in [5, 5.41) is 17.2. The number of halogens is 1. The van der Waals surface area contributed by atoms with Crippen LogP contribution >= 0.6 is 22.9 Å². The van der Waals surface area contributed by atoms with Crippen molar-refractivity contribution in [1.29, 1.82) is 0 Å². The first-order chi connectivity index (χ1) is 13.5. The molecule has 3 aromatic heterocycles. The van der Waals surface area contributed by atoms with E-state index in [2.05, 4.69) is 20.6 Å². The lowest BCUT2D eigenvalue weighted by atomic mass is 10.2. The molecule has 0 aliphatic rings. The summed E-state index contributed by atoms with van der Waals surface area (Å²) in [5.41, 5.74) is 4.60. The number of thiophene rings is 1. The summed E-state index contributed by atoms with van der Waals surface area (Å²) in [6.07, 6.45) is 0. The molecule has 1 aromatic carbocycles. The lowest BCUT2D eigenvalue weighted by Crippen LogP contribution is -2.14. The van der Waals surface area contributed by atoms with Gasteiger partial charge in [-0.15, -0.1) is 11.3 Å². The monoisotopic (exact) mass is 411 g/mol. The summed E-state index contributed by atoms with van der Waals surface area (Å²) < 4.78 is 1.87. The molecule has 142 valence electrons. The number of hydrogen-bond acceptors (Lipinski definition) is 4. The van der Waals surface area contributed by atoms with Crippen molar-refractivity contribution < 1.29 is 4.79 Å². The van der Waals surface area contributed by atoms with E-state index in [1.807, 2.05) is 60.3 Å². The number of amides is 1. The summed E-state index contributed by atoms with van der Waals surface area (Å²) in [6, 6.07) is 13.3. The fraction of sp³-hybridized carbons (Fsp3) is 0.150. The molecule has 0 saturated heterocycles. The van der Waals surface area contributed by atoms with Gasteiger partial charge in [-0.1, -0.05) is 29.8 Å². The quantitative estimate of drug-likeness (QED) is 0.490. The first kappa shape index (κ1) is 18.5. The molecule has 0 bridgehead atoms. The number of aryl methyl sites for hydroxylation is 1. The van der Waals surface area contributed by atoms with E-state index in [4.69, 9.17) is 11.6 Å². The van der Waals surface area contributed by atoms with Gasteiger partial charge in [0.15, 0.2) is 5.69 Å². The second-order valence-corrected chi connectivity index (χ2v) is 7.81. The maximum Gasteiger partial charge on any atom is 0.276 e. The van der Waals surface area contributed by atoms with Crippen LogP contribution in [0.1, 0.15) is 27.4 Å². The van der Waals surface area contributed by atoms with Crippen LogP contribution in [0.3, 0.4) is 0 Å². The molecule has 4 aromatic rings. The summed E-state index contributed by atoms with van der Waals surface area (Å²) in [7, 11) is 0. The average Bonchev–Trinajstić information content (AvgIpc) is 3.41. The Morgan fingerprint density at radius 3 is 2.75 bits per heavy atom. The van der Waals surface area contributed by atoms with E-state index < -0.39 is 0 Å². The highest BCUT2D eigenvalue weighted by atomic mass is 35.5. The van der Waals surface area contributed by atoms with Crippen LogP contribution in [0, 0.1) is 13.8 Å². The van der Waals surface area contributed by atoms with Crippen LogP contribution in [0.25, 0.3) is 10.6 Å². The molecule has 28 heavy (non-hydrogen) atoms. The van der Waals surface area contributed by atoms with Crippen molar-refractivity contribution in [2.75, 3.05) is 5.32 Å². The summed E-state index contributed by atoms with van der Waals surface area (Å²) in [6.45, 7) is 4.42. The van der Waals surface area contributed by atoms with E-state index in [1.165, 1.54) is 0 Å². The number of hydrogen-bond donors (Lipinski definition) is 2. The van der Waals surface area contributed by atoms with Crippen LogP contribution in [0.5, 0.6) is 0 Å². The minimum Gasteiger partial charge on any atom is -0.317 e. The number of aromatic nitrogens is 4. The lowest BCUT2D eigenvalue weighted by Gasteiger charge is -2.06. The SMILES string of the molecule is Cc1nn(Cc2ccc(Cl)cc2)c(C)c1NC(=O)c1cc(-c2cccs2)[nH]n1. The van der Waals surface area contributed by atoms with Crippen molar-refractivity contribution in [3.05, 3.63) is 75.5 Å². The van der Waals surface area contributed by atoms with Gasteiger partial charge in [0.1, 0.15) is 0 Å². The van der Waals surface area contributed by atoms with Crippen molar-refractivity contribution in [3.63, 3.8) is 0 Å². The third kappa shape index (κ3) is 3.72. The maximum absolute atomic E-state index is 12.7. The number of aromatic amines is 1. The number of benzene rings is 1. The molecule has 2 N–H and O–H groups in total. The van der Waals surface area contributed by atoms with Crippen molar-refractivity contribution in [3.8, 4) is 10.6 Å². The average molecular weight is 412 g/mol. The van der Waals surface area contributed by atoms with Gasteiger partial charge in [-0.25, -0.2) is 0 Å². The van der Waals surface area contributed by atoms with E-state index >= 15 is 0 Å². The smallest absolute Gasteiger partial charge is 0.276 e. The van der Waals surface area contributed by atoms with Gasteiger partial charge in [-0.3, -0.25) is 14.6 Å². The van der Waals surface area contributed by atoms with Gasteiger partial charge in [0.2, 0.25) is 0 Å². The van der Waals surface area contributed by atoms with Crippen molar-refractivity contribution in [1.82, 2.24) is 20.0 Å². The number of nitrogens with zero attached hydrogens (tertiary/aromatic N) is 3. The topological polar surface area (TPSA) is 75.6 Å². The number of rotatable bonds is 5. The minimum absolute atomic E-state index is 0.267. The van der Waals surface area contributed by atoms with E-state index in [0.717, 1.165) is 27.5 Å². The molecule has 0 fully saturated rings. The predicted molar refractivity (Wildman–Crippen MR) is 112 cm³/mol. The highest BCUT2D eigenvalue weighted by Gasteiger charge is 2.18. The molecule has 0 atom stereocenters. The van der Waals surface area contributed by atoms with Crippen molar-refractivity contribution in [2.24, 2.45) is 0 Å². The van der Waals surface area contributed by atoms with Crippen LogP contribution in [0.2, 0.25) is 5.02 Å². The second-order valence-electron chi connectivity index (χ2n) is 6.43. The van der Waals surface area contributed by atoms with Gasteiger partial charge in [0.05, 0.1) is 34.2 Å². The van der Waals surface area contributed by atoms with Crippen LogP contribution in [-0.2, 0) is 6.54 Å². The number of H-pyrrole nitrogens is 1. The fourth-order valence-corrected chi connectivity index (χ4v) is 3.79. The Morgan fingerprint density at radius 1 is 1.25 bits per heavy atom. The van der Waals surface area contributed by atoms with E-state index in [-0.39, 0.29) is 5.91 Å². The Balaban J connectivity index is 1.52. The molecule has 4 rings (SSSR count). The Kier molecular flexibility index (Phi) is 5.02. The molecule has 1 amide bonds. The summed E-state index contributed by atoms with van der Waals surface area (Å²) in [4.78, 5) is 13.7. The Hall–Kier alpha value is -2.90. The maximum atomic E-state index is 12.7. The van der Waals surface area contributed by atoms with Crippen LogP contribution in [0.15, 0.2) is 47.8 Å². The molecule has 0 saturated carbocycles. The number of nitrogens with one attached hydrogen (secondary N) is 2. The fourth-order valence-electron chi connectivity index (χ4n) is 2.97. The molecule has 0 radical (unpaired) electrons. The van der Waals surface area contributed by atoms with Crippen molar-refractivity contribution >= 4 is 34.5 Å². The molecule has 6 nitrogen and oxygen atoms in total. The molecule has 0 spiro atoms. The minimum atomic E-state index is -0.267. The Morgan fingerprint density at radius 2 is 2.04 bits per heavy atom. The summed E-state index contributed by atoms with van der Waals surface area (Å²) >= 11 is 7.54. The third-order valence-electron chi connectivity index (χ3n) is 4.46. The summed E-state index contributed by atoms with van der Waals surface area (Å²) in [5.74, 6) is -0.267. The molecule has 0 aliphatic carbocycles. The van der Waals surface area contributed by atoms with E-state index in [1.54, 1.807) is 17.4 Å². The molecular formula is C20H18ClN5OS. The highest BCUT2D eigenvalue weighted by molar-refractivity contribution is 7.13. The molecule has 0 unspecified atom stereocenters. The van der Waals surface area contributed by atoms with Gasteiger partial charge in [0.25, 0.3) is 5.91 Å². The number of carbonyl (C=O) groups excluding carboxylic acids is 1. The number of carbonyl (C=O) groups is 1. The van der Waals surface area contributed by atoms with Gasteiger partial charge < -0.3 is 5.32 Å². The first-order valence-corrected chi connectivity index (χ1v) is 9.96. The zero-order chi connectivity index (χ0) is 19.7. The predicted octanol–water partition coefficient (Wildman–Crippen LogP) is 4.91. The van der Waals surface area contributed by atoms with Crippen LogP contribution in [0.4, 0.5) is 5.69 Å². The Bertz CT molecular complexity index is 1110. The van der Waals surface area contributed by atoms with E-state index in [9.17, 15) is 4.79 Å². The van der Waals surface area contributed by atoms with E-state index in [0.29, 0.717) is 22.9 Å². The van der Waals surface area contributed by atoms with Crippen LogP contribution < -0.4 is 5.32 Å². The molecule has 0 aliphatic heterocycles. The first-order valence-electron chi connectivity index (χ1n) is 8.70. The highest BCUT2D eigenvalue weighted by Crippen LogP contribution is 2.25. The van der Waals surface area contributed by atoms with Gasteiger partial charge in [0, 0.05) is 5.02 Å². The zero-order valence-corrected chi connectivity index (χ0v) is 16.9. The Labute approximate surface area is 171 Å². The second kappa shape index (κ2) is 7.61. The molecular weight excluding hydrogens is 394 g/mol. The zero-order valence-electron chi connectivity index (χ0n) is 15.4.